The lowest BCUT2D eigenvalue weighted by Gasteiger charge is -2.33. The zero-order chi connectivity index (χ0) is 16.8. The van der Waals surface area contributed by atoms with Crippen molar-refractivity contribution in [3.05, 3.63) is 0 Å². The zero-order valence-corrected chi connectivity index (χ0v) is 9.94. The standard InChI is InChI=1S/C6BrF11O2/c7-1(19)2(8,4(11,12)13)20-6(17,18)3(9,10)5(14,15)16/t2-/m0/s1. The van der Waals surface area contributed by atoms with Crippen molar-refractivity contribution in [2.24, 2.45) is 0 Å². The SMILES string of the molecule is O=C(Br)[C@](F)(OC(F)(F)C(F)(F)C(F)(F)F)C(F)(F)F. The largest absolute Gasteiger partial charge is 0.462 e. The Hall–Kier alpha value is -0.660. The van der Waals surface area contributed by atoms with Gasteiger partial charge in [-0.15, -0.1) is 0 Å². The van der Waals surface area contributed by atoms with Crippen molar-refractivity contribution in [1.29, 1.82) is 0 Å². The fourth-order valence-electron chi connectivity index (χ4n) is 0.615. The predicted octanol–water partition coefficient (Wildman–Crippen LogP) is 3.94. The lowest BCUT2D eigenvalue weighted by molar-refractivity contribution is -0.471. The van der Waals surface area contributed by atoms with E-state index >= 15 is 0 Å². The smallest absolute Gasteiger partial charge is 0.280 e. The Bertz CT molecular complexity index is 385. The van der Waals surface area contributed by atoms with E-state index in [1.807, 2.05) is 4.74 Å². The molecule has 0 spiro atoms. The van der Waals surface area contributed by atoms with E-state index in [1.54, 1.807) is 0 Å². The first-order valence-electron chi connectivity index (χ1n) is 3.88. The Kier molecular flexibility index (Phi) is 4.80. The quantitative estimate of drug-likeness (QED) is 0.535. The van der Waals surface area contributed by atoms with Gasteiger partial charge in [0.25, 0.3) is 4.69 Å². The third-order valence-electron chi connectivity index (χ3n) is 1.61. The summed E-state index contributed by atoms with van der Waals surface area (Å²) in [5.41, 5.74) is 0. The number of rotatable bonds is 4. The molecule has 0 amide bonds. The molecule has 0 saturated heterocycles. The summed E-state index contributed by atoms with van der Waals surface area (Å²) in [6, 6.07) is 0. The predicted molar refractivity (Wildman–Crippen MR) is 40.9 cm³/mol. The molecule has 0 rings (SSSR count). The van der Waals surface area contributed by atoms with Crippen molar-refractivity contribution in [1.82, 2.24) is 0 Å². The van der Waals surface area contributed by atoms with Crippen molar-refractivity contribution < 1.29 is 57.8 Å². The van der Waals surface area contributed by atoms with Crippen molar-refractivity contribution in [3.63, 3.8) is 0 Å². The van der Waals surface area contributed by atoms with Crippen molar-refractivity contribution in [2.75, 3.05) is 0 Å². The molecule has 0 saturated carbocycles. The second-order valence-corrected chi connectivity index (χ2v) is 3.78. The molecule has 0 aliphatic heterocycles. The van der Waals surface area contributed by atoms with E-state index in [0.29, 0.717) is 0 Å². The highest BCUT2D eigenvalue weighted by atomic mass is 79.9. The average Bonchev–Trinajstić information content (AvgIpc) is 2.12. The molecule has 0 bridgehead atoms. The summed E-state index contributed by atoms with van der Waals surface area (Å²) in [6.07, 6.45) is -20.7. The van der Waals surface area contributed by atoms with Crippen LogP contribution in [0.2, 0.25) is 0 Å². The monoisotopic (exact) mass is 392 g/mol. The Morgan fingerprint density at radius 2 is 1.10 bits per heavy atom. The second kappa shape index (κ2) is 4.96. The number of alkyl halides is 11. The van der Waals surface area contributed by atoms with E-state index < -0.39 is 34.9 Å². The Morgan fingerprint density at radius 1 is 0.750 bits per heavy atom. The van der Waals surface area contributed by atoms with Gasteiger partial charge in [-0.2, -0.15) is 48.3 Å². The molecule has 1 atom stereocenters. The molecular formula is C6BrF11O2. The van der Waals surface area contributed by atoms with Gasteiger partial charge >= 0.3 is 30.2 Å². The summed E-state index contributed by atoms with van der Waals surface area (Å²) in [5.74, 6) is -13.3. The molecule has 2 nitrogen and oxygen atoms in total. The summed E-state index contributed by atoms with van der Waals surface area (Å²) in [5, 5.41) is 0. The molecule has 0 aromatic rings. The maximum Gasteiger partial charge on any atom is 0.462 e. The number of ether oxygens (including phenoxy) is 1. The third kappa shape index (κ3) is 3.15. The van der Waals surface area contributed by atoms with Gasteiger partial charge in [0.2, 0.25) is 0 Å². The van der Waals surface area contributed by atoms with Crippen LogP contribution in [0.4, 0.5) is 48.3 Å². The zero-order valence-electron chi connectivity index (χ0n) is 8.35. The first-order chi connectivity index (χ1) is 8.40. The van der Waals surface area contributed by atoms with Gasteiger partial charge in [0.15, 0.2) is 0 Å². The molecule has 0 radical (unpaired) electrons. The van der Waals surface area contributed by atoms with Crippen LogP contribution in [0.15, 0.2) is 0 Å². The van der Waals surface area contributed by atoms with E-state index in [2.05, 4.69) is 0 Å². The number of carbonyl (C=O) groups excluding carboxylic acids is 1. The molecule has 0 heterocycles. The van der Waals surface area contributed by atoms with E-state index in [1.165, 1.54) is 15.9 Å². The van der Waals surface area contributed by atoms with Gasteiger partial charge in [-0.05, 0) is 15.9 Å². The van der Waals surface area contributed by atoms with E-state index in [4.69, 9.17) is 0 Å². The van der Waals surface area contributed by atoms with Crippen LogP contribution in [-0.2, 0) is 9.53 Å². The van der Waals surface area contributed by atoms with Crippen LogP contribution < -0.4 is 0 Å². The lowest BCUT2D eigenvalue weighted by Crippen LogP contribution is -2.60. The topological polar surface area (TPSA) is 26.3 Å². The minimum atomic E-state index is -7.18. The van der Waals surface area contributed by atoms with Crippen LogP contribution >= 0.6 is 15.9 Å². The van der Waals surface area contributed by atoms with Crippen LogP contribution in [0, 0.1) is 0 Å². The fourth-order valence-corrected chi connectivity index (χ4v) is 0.921. The second-order valence-electron chi connectivity index (χ2n) is 3.06. The molecular weight excluding hydrogens is 393 g/mol. The van der Waals surface area contributed by atoms with Gasteiger partial charge in [0, 0.05) is 0 Å². The van der Waals surface area contributed by atoms with Crippen molar-refractivity contribution in [3.8, 4) is 0 Å². The van der Waals surface area contributed by atoms with Crippen LogP contribution in [0.3, 0.4) is 0 Å². The van der Waals surface area contributed by atoms with Crippen LogP contribution in [-0.4, -0.2) is 34.9 Å². The number of carbonyl (C=O) groups is 1. The van der Waals surface area contributed by atoms with Crippen LogP contribution in [0.25, 0.3) is 0 Å². The molecule has 120 valence electrons. The summed E-state index contributed by atoms with van der Waals surface area (Å²) in [6.45, 7) is 0. The van der Waals surface area contributed by atoms with E-state index in [0.717, 1.165) is 0 Å². The minimum Gasteiger partial charge on any atom is -0.280 e. The Morgan fingerprint density at radius 3 is 1.30 bits per heavy atom. The molecule has 14 heteroatoms. The molecule has 0 aromatic heterocycles. The first kappa shape index (κ1) is 19.3. The van der Waals surface area contributed by atoms with E-state index in [-0.39, 0.29) is 0 Å². The summed E-state index contributed by atoms with van der Waals surface area (Å²) >= 11 is 1.18. The number of halogens is 12. The molecule has 0 aliphatic carbocycles. The maximum atomic E-state index is 12.9. The van der Waals surface area contributed by atoms with Gasteiger partial charge in [0.05, 0.1) is 0 Å². The summed E-state index contributed by atoms with van der Waals surface area (Å²) in [4.78, 5) is 10.2. The van der Waals surface area contributed by atoms with Crippen molar-refractivity contribution >= 4 is 20.6 Å². The van der Waals surface area contributed by atoms with E-state index in [9.17, 15) is 53.1 Å². The van der Waals surface area contributed by atoms with Gasteiger partial charge in [-0.3, -0.25) is 9.53 Å². The highest BCUT2D eigenvalue weighted by Gasteiger charge is 2.79. The first-order valence-corrected chi connectivity index (χ1v) is 4.67. The Balaban J connectivity index is 5.73. The third-order valence-corrected chi connectivity index (χ3v) is 2.12. The summed E-state index contributed by atoms with van der Waals surface area (Å²) in [7, 11) is 0. The molecule has 0 N–H and O–H groups in total. The fraction of sp³-hybridized carbons (Fsp3) is 0.833. The molecule has 20 heavy (non-hydrogen) atoms. The average molecular weight is 393 g/mol. The van der Waals surface area contributed by atoms with Gasteiger partial charge in [-0.1, -0.05) is 0 Å². The summed E-state index contributed by atoms with van der Waals surface area (Å²) < 4.78 is 132. The van der Waals surface area contributed by atoms with Gasteiger partial charge in [0.1, 0.15) is 0 Å². The van der Waals surface area contributed by atoms with Gasteiger partial charge < -0.3 is 0 Å². The van der Waals surface area contributed by atoms with Crippen LogP contribution in [0.5, 0.6) is 0 Å². The van der Waals surface area contributed by atoms with Crippen molar-refractivity contribution in [2.45, 2.75) is 30.2 Å². The number of hydrogen-bond donors (Lipinski definition) is 0. The van der Waals surface area contributed by atoms with Gasteiger partial charge in [-0.25, -0.2) is 0 Å². The van der Waals surface area contributed by atoms with Crippen LogP contribution in [0.1, 0.15) is 0 Å². The Labute approximate surface area is 110 Å². The normalized spacial score (nSPS) is 17.8. The highest BCUT2D eigenvalue weighted by molar-refractivity contribution is 9.18. The number of hydrogen-bond acceptors (Lipinski definition) is 2. The lowest BCUT2D eigenvalue weighted by atomic mass is 10.2. The molecule has 0 aliphatic rings. The maximum absolute atomic E-state index is 12.9. The molecule has 0 unspecified atom stereocenters. The minimum absolute atomic E-state index is 1.18. The highest BCUT2D eigenvalue weighted by Crippen LogP contribution is 2.51. The molecule has 0 fully saturated rings. The molecule has 0 aromatic carbocycles.